The predicted molar refractivity (Wildman–Crippen MR) is 82.1 cm³/mol. The number of benzene rings is 1. The van der Waals surface area contributed by atoms with Gasteiger partial charge in [0.05, 0.1) is 13.2 Å². The first-order chi connectivity index (χ1) is 10.2. The molecule has 1 saturated carbocycles. The number of rotatable bonds is 3. The number of fused-ring (bicyclic) bond motifs is 1. The Morgan fingerprint density at radius 1 is 1.19 bits per heavy atom. The summed E-state index contributed by atoms with van der Waals surface area (Å²) in [5.74, 6) is 0.137. The second kappa shape index (κ2) is 6.16. The van der Waals surface area contributed by atoms with Crippen LogP contribution in [0.4, 0.5) is 0 Å². The summed E-state index contributed by atoms with van der Waals surface area (Å²) in [6.45, 7) is 1.31. The van der Waals surface area contributed by atoms with E-state index in [0.29, 0.717) is 25.3 Å². The van der Waals surface area contributed by atoms with Crippen molar-refractivity contribution in [2.45, 2.75) is 51.0 Å². The van der Waals surface area contributed by atoms with E-state index in [1.807, 2.05) is 37.2 Å². The Morgan fingerprint density at radius 2 is 1.90 bits per heavy atom. The number of amides is 1. The predicted octanol–water partition coefficient (Wildman–Crippen LogP) is 2.32. The number of carbonyl (C=O) groups excluding carboxylic acids is 1. The molecule has 1 N–H and O–H groups in total. The van der Waals surface area contributed by atoms with E-state index in [-0.39, 0.29) is 5.91 Å². The molecule has 0 radical (unpaired) electrons. The van der Waals surface area contributed by atoms with Gasteiger partial charge in [-0.05, 0) is 56.0 Å². The molecule has 1 fully saturated rings. The van der Waals surface area contributed by atoms with E-state index < -0.39 is 0 Å². The standard InChI is InChI=1S/C17H24N2O2/c1-18-15-5-7-16(8-6-15)19(2)17(20)12-3-4-13-10-21-11-14(13)9-12/h3-4,9,15-16,18H,5-8,10-11H2,1-2H3. The van der Waals surface area contributed by atoms with Crippen LogP contribution in [-0.2, 0) is 18.0 Å². The topological polar surface area (TPSA) is 41.6 Å². The van der Waals surface area contributed by atoms with Crippen molar-refractivity contribution in [3.05, 3.63) is 34.9 Å². The molecule has 1 aromatic carbocycles. The summed E-state index contributed by atoms with van der Waals surface area (Å²) >= 11 is 0. The fourth-order valence-electron chi connectivity index (χ4n) is 3.43. The molecule has 4 nitrogen and oxygen atoms in total. The second-order valence-corrected chi connectivity index (χ2v) is 6.19. The van der Waals surface area contributed by atoms with Crippen molar-refractivity contribution in [2.24, 2.45) is 0 Å². The van der Waals surface area contributed by atoms with E-state index in [4.69, 9.17) is 4.74 Å². The van der Waals surface area contributed by atoms with Gasteiger partial charge in [0.2, 0.25) is 0 Å². The van der Waals surface area contributed by atoms with Crippen LogP contribution >= 0.6 is 0 Å². The summed E-state index contributed by atoms with van der Waals surface area (Å²) in [7, 11) is 3.96. The zero-order valence-corrected chi connectivity index (χ0v) is 12.9. The van der Waals surface area contributed by atoms with E-state index in [1.54, 1.807) is 0 Å². The van der Waals surface area contributed by atoms with Crippen LogP contribution in [0, 0.1) is 0 Å². The van der Waals surface area contributed by atoms with Crippen molar-refractivity contribution < 1.29 is 9.53 Å². The molecule has 1 heterocycles. The Morgan fingerprint density at radius 3 is 2.62 bits per heavy atom. The molecule has 21 heavy (non-hydrogen) atoms. The van der Waals surface area contributed by atoms with Crippen molar-refractivity contribution >= 4 is 5.91 Å². The van der Waals surface area contributed by atoms with Crippen LogP contribution in [0.2, 0.25) is 0 Å². The van der Waals surface area contributed by atoms with Crippen LogP contribution in [-0.4, -0.2) is 37.0 Å². The highest BCUT2D eigenvalue weighted by Gasteiger charge is 2.27. The van der Waals surface area contributed by atoms with E-state index in [1.165, 1.54) is 5.56 Å². The summed E-state index contributed by atoms with van der Waals surface area (Å²) in [5.41, 5.74) is 3.16. The number of hydrogen-bond acceptors (Lipinski definition) is 3. The summed E-state index contributed by atoms with van der Waals surface area (Å²) in [6.07, 6.45) is 4.47. The number of nitrogens with one attached hydrogen (secondary N) is 1. The van der Waals surface area contributed by atoms with Crippen molar-refractivity contribution in [1.82, 2.24) is 10.2 Å². The van der Waals surface area contributed by atoms with Gasteiger partial charge in [-0.2, -0.15) is 0 Å². The third kappa shape index (κ3) is 2.97. The maximum absolute atomic E-state index is 12.7. The van der Waals surface area contributed by atoms with Gasteiger partial charge in [0.15, 0.2) is 0 Å². The van der Waals surface area contributed by atoms with E-state index in [0.717, 1.165) is 36.8 Å². The van der Waals surface area contributed by atoms with Crippen LogP contribution in [0.3, 0.4) is 0 Å². The number of carbonyl (C=O) groups is 1. The molecular weight excluding hydrogens is 264 g/mol. The van der Waals surface area contributed by atoms with Gasteiger partial charge in [-0.3, -0.25) is 4.79 Å². The van der Waals surface area contributed by atoms with Crippen LogP contribution in [0.1, 0.15) is 47.2 Å². The molecule has 114 valence electrons. The molecule has 0 atom stereocenters. The molecule has 4 heteroatoms. The van der Waals surface area contributed by atoms with Crippen molar-refractivity contribution in [3.63, 3.8) is 0 Å². The zero-order chi connectivity index (χ0) is 14.8. The number of nitrogens with zero attached hydrogens (tertiary/aromatic N) is 1. The van der Waals surface area contributed by atoms with Gasteiger partial charge in [0, 0.05) is 24.7 Å². The van der Waals surface area contributed by atoms with Gasteiger partial charge < -0.3 is 15.0 Å². The van der Waals surface area contributed by atoms with Crippen molar-refractivity contribution in [2.75, 3.05) is 14.1 Å². The molecule has 1 aromatic rings. The van der Waals surface area contributed by atoms with Gasteiger partial charge in [-0.25, -0.2) is 0 Å². The Labute approximate surface area is 126 Å². The molecule has 1 amide bonds. The largest absolute Gasteiger partial charge is 0.372 e. The highest BCUT2D eigenvalue weighted by Crippen LogP contribution is 2.25. The Kier molecular flexibility index (Phi) is 4.27. The summed E-state index contributed by atoms with van der Waals surface area (Å²) < 4.78 is 5.42. The lowest BCUT2D eigenvalue weighted by Crippen LogP contribution is -2.42. The Hall–Kier alpha value is -1.39. The minimum Gasteiger partial charge on any atom is -0.372 e. The number of hydrogen-bond donors (Lipinski definition) is 1. The van der Waals surface area contributed by atoms with Crippen LogP contribution in [0.5, 0.6) is 0 Å². The summed E-state index contributed by atoms with van der Waals surface area (Å²) in [6, 6.07) is 6.95. The third-order valence-corrected chi connectivity index (χ3v) is 4.94. The van der Waals surface area contributed by atoms with E-state index >= 15 is 0 Å². The van der Waals surface area contributed by atoms with Crippen LogP contribution in [0.25, 0.3) is 0 Å². The Bertz CT molecular complexity index is 522. The van der Waals surface area contributed by atoms with Crippen LogP contribution in [0.15, 0.2) is 18.2 Å². The first kappa shape index (κ1) is 14.5. The Balaban J connectivity index is 1.67. The minimum absolute atomic E-state index is 0.137. The molecular formula is C17H24N2O2. The fraction of sp³-hybridized carbons (Fsp3) is 0.588. The molecule has 0 spiro atoms. The normalized spacial score (nSPS) is 24.7. The average molecular weight is 288 g/mol. The highest BCUT2D eigenvalue weighted by atomic mass is 16.5. The lowest BCUT2D eigenvalue weighted by atomic mass is 9.90. The van der Waals surface area contributed by atoms with Gasteiger partial charge in [0.1, 0.15) is 0 Å². The smallest absolute Gasteiger partial charge is 0.253 e. The molecule has 2 aliphatic rings. The zero-order valence-electron chi connectivity index (χ0n) is 12.9. The van der Waals surface area contributed by atoms with Gasteiger partial charge >= 0.3 is 0 Å². The van der Waals surface area contributed by atoms with Crippen molar-refractivity contribution in [3.8, 4) is 0 Å². The minimum atomic E-state index is 0.137. The maximum atomic E-state index is 12.7. The molecule has 1 aliphatic carbocycles. The number of ether oxygens (including phenoxy) is 1. The molecule has 3 rings (SSSR count). The van der Waals surface area contributed by atoms with E-state index in [2.05, 4.69) is 5.32 Å². The lowest BCUT2D eigenvalue weighted by Gasteiger charge is -2.34. The maximum Gasteiger partial charge on any atom is 0.253 e. The van der Waals surface area contributed by atoms with E-state index in [9.17, 15) is 4.79 Å². The monoisotopic (exact) mass is 288 g/mol. The average Bonchev–Trinajstić information content (AvgIpc) is 3.01. The SMILES string of the molecule is CNC1CCC(N(C)C(=O)c2ccc3c(c2)COC3)CC1. The highest BCUT2D eigenvalue weighted by molar-refractivity contribution is 5.94. The molecule has 0 saturated heterocycles. The molecule has 0 unspecified atom stereocenters. The quantitative estimate of drug-likeness (QED) is 0.928. The summed E-state index contributed by atoms with van der Waals surface area (Å²) in [4.78, 5) is 14.6. The van der Waals surface area contributed by atoms with Crippen molar-refractivity contribution in [1.29, 1.82) is 0 Å². The second-order valence-electron chi connectivity index (χ2n) is 6.19. The van der Waals surface area contributed by atoms with Gasteiger partial charge in [0.25, 0.3) is 5.91 Å². The fourth-order valence-corrected chi connectivity index (χ4v) is 3.43. The third-order valence-electron chi connectivity index (χ3n) is 4.94. The van der Waals surface area contributed by atoms with Gasteiger partial charge in [-0.15, -0.1) is 0 Å². The van der Waals surface area contributed by atoms with Gasteiger partial charge in [-0.1, -0.05) is 6.07 Å². The molecule has 1 aliphatic heterocycles. The summed E-state index contributed by atoms with van der Waals surface area (Å²) in [5, 5.41) is 3.34. The molecule has 0 aromatic heterocycles. The lowest BCUT2D eigenvalue weighted by molar-refractivity contribution is 0.0685. The molecule has 0 bridgehead atoms. The first-order valence-corrected chi connectivity index (χ1v) is 7.83. The first-order valence-electron chi connectivity index (χ1n) is 7.83. The van der Waals surface area contributed by atoms with Crippen LogP contribution < -0.4 is 5.32 Å².